The van der Waals surface area contributed by atoms with E-state index in [-0.39, 0.29) is 27.4 Å². The highest BCUT2D eigenvalue weighted by Crippen LogP contribution is 2.32. The Labute approximate surface area is 138 Å². The van der Waals surface area contributed by atoms with Gasteiger partial charge in [0, 0.05) is 0 Å². The molecule has 0 fully saturated rings. The molecule has 0 unspecified atom stereocenters. The lowest BCUT2D eigenvalue weighted by Crippen LogP contribution is -2.10. The molecule has 0 amide bonds. The first-order valence-corrected chi connectivity index (χ1v) is 7.87. The Hall–Kier alpha value is -1.92. The molecule has 7 nitrogen and oxygen atoms in total. The van der Waals surface area contributed by atoms with Crippen LogP contribution < -0.4 is 5.73 Å². The molecule has 2 rings (SSSR count). The minimum absolute atomic E-state index is 0. The summed E-state index contributed by atoms with van der Waals surface area (Å²) in [5, 5.41) is 3.09. The summed E-state index contributed by atoms with van der Waals surface area (Å²) in [6.07, 6.45) is -4.61. The zero-order valence-electron chi connectivity index (χ0n) is 11.9. The number of nitrogens with zero attached hydrogens (tertiary/aromatic N) is 3. The average molecular weight is 391 g/mol. The third-order valence-electron chi connectivity index (χ3n) is 2.90. The van der Waals surface area contributed by atoms with Gasteiger partial charge in [-0.2, -0.15) is 31.3 Å². The van der Waals surface area contributed by atoms with Crippen LogP contribution in [0.25, 0.3) is 5.69 Å². The molecule has 0 spiro atoms. The van der Waals surface area contributed by atoms with Crippen LogP contribution in [-0.2, 0) is 22.7 Å². The van der Waals surface area contributed by atoms with Crippen LogP contribution >= 0.6 is 11.6 Å². The van der Waals surface area contributed by atoms with Crippen LogP contribution in [0.5, 0.6) is 0 Å². The maximum atomic E-state index is 12.6. The van der Waals surface area contributed by atoms with E-state index in [2.05, 4.69) is 10.1 Å². The van der Waals surface area contributed by atoms with Crippen molar-refractivity contribution in [3.05, 3.63) is 28.5 Å². The second-order valence-corrected chi connectivity index (χ2v) is 6.24. The van der Waals surface area contributed by atoms with Crippen LogP contribution in [0.15, 0.2) is 17.0 Å². The SMILES string of the molecule is CCc1cc(Cl)c(-n2nc(C(F)(F)F)nc2N)cc1S(=O)(=O)O.F. The van der Waals surface area contributed by atoms with Crippen LogP contribution in [0.4, 0.5) is 23.8 Å². The highest BCUT2D eigenvalue weighted by Gasteiger charge is 2.37. The van der Waals surface area contributed by atoms with Gasteiger partial charge in [-0.25, -0.2) is 0 Å². The lowest BCUT2D eigenvalue weighted by atomic mass is 10.1. The second kappa shape index (κ2) is 6.53. The van der Waals surface area contributed by atoms with Crippen molar-refractivity contribution in [1.82, 2.24) is 14.8 Å². The molecule has 24 heavy (non-hydrogen) atoms. The summed E-state index contributed by atoms with van der Waals surface area (Å²) < 4.78 is 70.5. The predicted molar refractivity (Wildman–Crippen MR) is 77.5 cm³/mol. The van der Waals surface area contributed by atoms with Crippen LogP contribution in [0.2, 0.25) is 5.02 Å². The molecule has 134 valence electrons. The van der Waals surface area contributed by atoms with Crippen molar-refractivity contribution in [2.24, 2.45) is 0 Å². The van der Waals surface area contributed by atoms with E-state index in [4.69, 9.17) is 17.3 Å². The van der Waals surface area contributed by atoms with Gasteiger partial charge in [-0.3, -0.25) is 9.26 Å². The van der Waals surface area contributed by atoms with Gasteiger partial charge in [0.2, 0.25) is 5.95 Å². The van der Waals surface area contributed by atoms with Gasteiger partial charge in [0.15, 0.2) is 0 Å². The second-order valence-electron chi connectivity index (χ2n) is 4.44. The highest BCUT2D eigenvalue weighted by atomic mass is 35.5. The summed E-state index contributed by atoms with van der Waals surface area (Å²) in [6, 6.07) is 2.09. The Bertz CT molecular complexity index is 867. The van der Waals surface area contributed by atoms with Crippen LogP contribution in [0, 0.1) is 0 Å². The number of nitrogen functional groups attached to an aromatic ring is 1. The first kappa shape index (κ1) is 20.1. The first-order valence-electron chi connectivity index (χ1n) is 6.05. The summed E-state index contributed by atoms with van der Waals surface area (Å²) in [7, 11) is -4.61. The van der Waals surface area contributed by atoms with Crippen molar-refractivity contribution in [1.29, 1.82) is 0 Å². The fourth-order valence-electron chi connectivity index (χ4n) is 1.88. The molecule has 1 aromatic carbocycles. The first-order chi connectivity index (χ1) is 10.4. The number of hydrogen-bond donors (Lipinski definition) is 2. The van der Waals surface area contributed by atoms with Gasteiger partial charge in [0.1, 0.15) is 0 Å². The highest BCUT2D eigenvalue weighted by molar-refractivity contribution is 7.85. The normalized spacial score (nSPS) is 12.1. The molecule has 0 radical (unpaired) electrons. The average Bonchev–Trinajstić information content (AvgIpc) is 2.79. The van der Waals surface area contributed by atoms with Gasteiger partial charge < -0.3 is 5.73 Å². The largest absolute Gasteiger partial charge is 0.453 e. The summed E-state index contributed by atoms with van der Waals surface area (Å²) in [4.78, 5) is 2.57. The molecular weight excluding hydrogens is 380 g/mol. The summed E-state index contributed by atoms with van der Waals surface area (Å²) in [6.45, 7) is 1.62. The fraction of sp³-hybridized carbons (Fsp3) is 0.273. The van der Waals surface area contributed by atoms with Crippen molar-refractivity contribution in [3.63, 3.8) is 0 Å². The number of aromatic nitrogens is 3. The maximum Gasteiger partial charge on any atom is 0.453 e. The smallest absolute Gasteiger partial charge is 0.368 e. The van der Waals surface area contributed by atoms with Gasteiger partial charge >= 0.3 is 6.18 Å². The standard InChI is InChI=1S/C11H10ClF3N4O3S.FH/c1-2-5-3-6(12)7(4-8(5)23(20,21)22)19-10(16)17-9(18-19)11(13,14)15;/h3-4H,2H2,1H3,(H2,16,17,18)(H,20,21,22);1H. The number of halogens is 5. The van der Waals surface area contributed by atoms with Crippen molar-refractivity contribution in [2.75, 3.05) is 5.73 Å². The van der Waals surface area contributed by atoms with Gasteiger partial charge in [-0.15, -0.1) is 5.10 Å². The molecule has 0 saturated carbocycles. The number of alkyl halides is 3. The van der Waals surface area contributed by atoms with E-state index < -0.39 is 33.0 Å². The number of anilines is 1. The summed E-state index contributed by atoms with van der Waals surface area (Å²) in [5.41, 5.74) is 5.33. The van der Waals surface area contributed by atoms with E-state index in [1.54, 1.807) is 6.92 Å². The molecule has 3 N–H and O–H groups in total. The van der Waals surface area contributed by atoms with E-state index in [0.717, 1.165) is 6.07 Å². The van der Waals surface area contributed by atoms with Crippen molar-refractivity contribution in [2.45, 2.75) is 24.4 Å². The Kier molecular flexibility index (Phi) is 5.48. The molecule has 0 bridgehead atoms. The molecule has 13 heteroatoms. The Balaban J connectivity index is 0.00000288. The Morgan fingerprint density at radius 1 is 1.38 bits per heavy atom. The minimum atomic E-state index is -4.83. The Morgan fingerprint density at radius 3 is 2.38 bits per heavy atom. The molecule has 0 saturated heterocycles. The van der Waals surface area contributed by atoms with Crippen molar-refractivity contribution >= 4 is 27.7 Å². The summed E-state index contributed by atoms with van der Waals surface area (Å²) in [5.74, 6) is -2.14. The topological polar surface area (TPSA) is 111 Å². The van der Waals surface area contributed by atoms with E-state index in [1.807, 2.05) is 0 Å². The predicted octanol–water partition coefficient (Wildman–Crippen LogP) is 2.48. The number of hydrogen-bond acceptors (Lipinski definition) is 5. The van der Waals surface area contributed by atoms with Gasteiger partial charge in [-0.05, 0) is 24.1 Å². The molecule has 1 aromatic heterocycles. The van der Waals surface area contributed by atoms with Crippen molar-refractivity contribution < 1.29 is 30.8 Å². The lowest BCUT2D eigenvalue weighted by Gasteiger charge is -2.11. The number of nitrogens with two attached hydrogens (primary N) is 1. The molecule has 0 aliphatic rings. The number of rotatable bonds is 3. The van der Waals surface area contributed by atoms with E-state index in [9.17, 15) is 26.1 Å². The van der Waals surface area contributed by atoms with Gasteiger partial charge in [-0.1, -0.05) is 18.5 Å². The number of aryl methyl sites for hydroxylation is 1. The molecule has 0 aliphatic heterocycles. The molecule has 0 atom stereocenters. The molecular formula is C11H11ClF4N4O3S. The van der Waals surface area contributed by atoms with E-state index >= 15 is 0 Å². The van der Waals surface area contributed by atoms with Crippen LogP contribution in [0.1, 0.15) is 18.3 Å². The molecule has 0 aliphatic carbocycles. The lowest BCUT2D eigenvalue weighted by molar-refractivity contribution is -0.144. The maximum absolute atomic E-state index is 12.6. The quantitative estimate of drug-likeness (QED) is 0.615. The minimum Gasteiger partial charge on any atom is -0.368 e. The zero-order chi connectivity index (χ0) is 17.6. The third kappa shape index (κ3) is 3.76. The van der Waals surface area contributed by atoms with E-state index in [1.165, 1.54) is 6.07 Å². The zero-order valence-corrected chi connectivity index (χ0v) is 13.4. The molecule has 1 heterocycles. The van der Waals surface area contributed by atoms with E-state index in [0.29, 0.717) is 4.68 Å². The molecule has 2 aromatic rings. The van der Waals surface area contributed by atoms with Gasteiger partial charge in [0.25, 0.3) is 15.9 Å². The van der Waals surface area contributed by atoms with Crippen molar-refractivity contribution in [3.8, 4) is 5.69 Å². The summed E-state index contributed by atoms with van der Waals surface area (Å²) >= 11 is 5.96. The number of benzene rings is 1. The Morgan fingerprint density at radius 2 is 1.96 bits per heavy atom. The van der Waals surface area contributed by atoms with Crippen LogP contribution in [-0.4, -0.2) is 27.7 Å². The third-order valence-corrected chi connectivity index (χ3v) is 4.14. The fourth-order valence-corrected chi connectivity index (χ4v) is 2.95. The monoisotopic (exact) mass is 390 g/mol. The van der Waals surface area contributed by atoms with Gasteiger partial charge in [0.05, 0.1) is 15.6 Å². The van der Waals surface area contributed by atoms with Crippen LogP contribution in [0.3, 0.4) is 0 Å².